The van der Waals surface area contributed by atoms with E-state index in [4.69, 9.17) is 0 Å². The molecule has 0 unspecified atom stereocenters. The minimum absolute atomic E-state index is 0.00736. The lowest BCUT2D eigenvalue weighted by atomic mass is 9.85. The first-order chi connectivity index (χ1) is 16.6. The monoisotopic (exact) mass is 474 g/mol. The Morgan fingerprint density at radius 3 is 2.40 bits per heavy atom. The van der Waals surface area contributed by atoms with E-state index in [2.05, 4.69) is 43.5 Å². The van der Waals surface area contributed by atoms with Gasteiger partial charge < -0.3 is 15.5 Å². The van der Waals surface area contributed by atoms with Crippen molar-refractivity contribution in [3.8, 4) is 0 Å². The molecule has 2 aromatic carbocycles. The molecule has 2 aliphatic rings. The molecule has 0 fully saturated rings. The number of carbonyl (C=O) groups is 3. The highest BCUT2D eigenvalue weighted by molar-refractivity contribution is 6.02. The van der Waals surface area contributed by atoms with Crippen LogP contribution < -0.4 is 10.6 Å². The van der Waals surface area contributed by atoms with Crippen LogP contribution in [0.1, 0.15) is 49.9 Å². The van der Waals surface area contributed by atoms with Crippen molar-refractivity contribution in [3.63, 3.8) is 0 Å². The molecule has 0 spiro atoms. The van der Waals surface area contributed by atoms with Crippen LogP contribution >= 0.6 is 0 Å². The summed E-state index contributed by atoms with van der Waals surface area (Å²) in [4.78, 5) is 41.6. The van der Waals surface area contributed by atoms with Crippen LogP contribution in [0, 0.1) is 0 Å². The van der Waals surface area contributed by atoms with Gasteiger partial charge in [-0.1, -0.05) is 75.4 Å². The van der Waals surface area contributed by atoms with Gasteiger partial charge in [0.25, 0.3) is 5.91 Å². The molecule has 0 aliphatic carbocycles. The van der Waals surface area contributed by atoms with E-state index < -0.39 is 6.04 Å². The fourth-order valence-electron chi connectivity index (χ4n) is 4.57. The first kappa shape index (κ1) is 24.5. The Labute approximate surface area is 207 Å². The first-order valence-corrected chi connectivity index (χ1v) is 12.1. The highest BCUT2D eigenvalue weighted by Crippen LogP contribution is 2.36. The van der Waals surface area contributed by atoms with E-state index in [0.29, 0.717) is 17.8 Å². The summed E-state index contributed by atoms with van der Waals surface area (Å²) in [5, 5.41) is 5.87. The van der Waals surface area contributed by atoms with Gasteiger partial charge in [0.1, 0.15) is 6.54 Å². The summed E-state index contributed by atoms with van der Waals surface area (Å²) >= 11 is 0. The fourth-order valence-corrected chi connectivity index (χ4v) is 4.57. The summed E-state index contributed by atoms with van der Waals surface area (Å²) in [5.41, 5.74) is 4.46. The largest absolute Gasteiger partial charge is 0.355 e. The molecule has 35 heavy (non-hydrogen) atoms. The second-order valence-electron chi connectivity index (χ2n) is 10.3. The number of hydrogen-bond donors (Lipinski definition) is 2. The third-order valence-electron chi connectivity index (χ3n) is 6.69. The average molecular weight is 475 g/mol. The van der Waals surface area contributed by atoms with Crippen molar-refractivity contribution in [3.05, 3.63) is 82.6 Å². The summed E-state index contributed by atoms with van der Waals surface area (Å²) in [6.07, 6.45) is 1.71. The quantitative estimate of drug-likeness (QED) is 0.603. The number of amides is 4. The van der Waals surface area contributed by atoms with E-state index in [0.717, 1.165) is 18.4 Å². The van der Waals surface area contributed by atoms with Crippen LogP contribution in [0.15, 0.2) is 65.9 Å². The van der Waals surface area contributed by atoms with Gasteiger partial charge >= 0.3 is 6.03 Å². The number of hydrogen-bond acceptors (Lipinski definition) is 3. The second-order valence-corrected chi connectivity index (χ2v) is 10.3. The first-order valence-electron chi connectivity index (χ1n) is 12.1. The number of rotatable bonds is 7. The van der Waals surface area contributed by atoms with E-state index >= 15 is 0 Å². The molecule has 0 bridgehead atoms. The minimum Gasteiger partial charge on any atom is -0.355 e. The molecular formula is C28H34N4O3. The molecule has 2 N–H and O–H groups in total. The normalized spacial score (nSPS) is 18.0. The fraction of sp³-hybridized carbons (Fsp3) is 0.393. The molecule has 1 atom stereocenters. The van der Waals surface area contributed by atoms with E-state index in [1.807, 2.05) is 42.5 Å². The van der Waals surface area contributed by atoms with Crippen LogP contribution in [-0.4, -0.2) is 54.3 Å². The Morgan fingerprint density at radius 2 is 1.74 bits per heavy atom. The van der Waals surface area contributed by atoms with Crippen molar-refractivity contribution in [1.29, 1.82) is 0 Å². The summed E-state index contributed by atoms with van der Waals surface area (Å²) < 4.78 is 0. The number of urea groups is 1. The topological polar surface area (TPSA) is 81.8 Å². The number of carbonyl (C=O) groups excluding carboxylic acids is 3. The number of nitrogens with one attached hydrogen (secondary N) is 2. The number of likely N-dealkylation sites (N-methyl/N-ethyl adjacent to an activating group) is 1. The average Bonchev–Trinajstić information content (AvgIpc) is 3.15. The number of aryl methyl sites for hydroxylation is 1. The predicted octanol–water partition coefficient (Wildman–Crippen LogP) is 3.53. The molecule has 4 rings (SSSR count). The molecule has 7 nitrogen and oxygen atoms in total. The van der Waals surface area contributed by atoms with Crippen LogP contribution in [0.4, 0.5) is 4.79 Å². The maximum absolute atomic E-state index is 13.4. The van der Waals surface area contributed by atoms with Gasteiger partial charge in [0.05, 0.1) is 23.9 Å². The van der Waals surface area contributed by atoms with Gasteiger partial charge in [0.2, 0.25) is 5.91 Å². The summed E-state index contributed by atoms with van der Waals surface area (Å²) in [6.45, 7) is 7.19. The Hall–Kier alpha value is -3.61. The Morgan fingerprint density at radius 1 is 1.06 bits per heavy atom. The maximum Gasteiger partial charge on any atom is 0.322 e. The zero-order valence-electron chi connectivity index (χ0n) is 20.9. The molecule has 2 aliphatic heterocycles. The molecule has 7 heteroatoms. The molecule has 184 valence electrons. The van der Waals surface area contributed by atoms with E-state index in [1.165, 1.54) is 20.9 Å². The van der Waals surface area contributed by atoms with Gasteiger partial charge in [-0.3, -0.25) is 14.5 Å². The molecule has 4 amide bonds. The molecular weight excluding hydrogens is 440 g/mol. The zero-order chi connectivity index (χ0) is 25.2. The Bertz CT molecular complexity index is 1130. The Kier molecular flexibility index (Phi) is 6.96. The summed E-state index contributed by atoms with van der Waals surface area (Å²) in [6, 6.07) is 17.4. The standard InChI is InChI=1S/C28H34N4O3/c1-28(2,3)21-14-12-20(13-15-21)25-24-22(31(4)27(35)30-25)17-32(26(24)34)18-23(33)29-16-8-11-19-9-6-5-7-10-19/h5-7,9-10,12-15,25H,8,11,16-18H2,1-4H3,(H,29,33)(H,30,35)/t25-/m0/s1. The number of benzene rings is 2. The zero-order valence-corrected chi connectivity index (χ0v) is 20.9. The van der Waals surface area contributed by atoms with Gasteiger partial charge in [0.15, 0.2) is 0 Å². The summed E-state index contributed by atoms with van der Waals surface area (Å²) in [5.74, 6) is -0.407. The third-order valence-corrected chi connectivity index (χ3v) is 6.69. The maximum atomic E-state index is 13.4. The van der Waals surface area contributed by atoms with Crippen molar-refractivity contribution in [1.82, 2.24) is 20.4 Å². The van der Waals surface area contributed by atoms with Crippen molar-refractivity contribution in [2.24, 2.45) is 0 Å². The lowest BCUT2D eigenvalue weighted by Gasteiger charge is -2.31. The van der Waals surface area contributed by atoms with Crippen molar-refractivity contribution < 1.29 is 14.4 Å². The van der Waals surface area contributed by atoms with Crippen molar-refractivity contribution >= 4 is 17.8 Å². The lowest BCUT2D eigenvalue weighted by Crippen LogP contribution is -2.45. The van der Waals surface area contributed by atoms with Gasteiger partial charge in [-0.05, 0) is 34.9 Å². The van der Waals surface area contributed by atoms with Crippen LogP contribution in [0.2, 0.25) is 0 Å². The molecule has 0 saturated carbocycles. The molecule has 0 saturated heterocycles. The van der Waals surface area contributed by atoms with Crippen LogP contribution in [0.25, 0.3) is 0 Å². The van der Waals surface area contributed by atoms with Crippen LogP contribution in [0.3, 0.4) is 0 Å². The van der Waals surface area contributed by atoms with Crippen molar-refractivity contribution in [2.45, 2.75) is 45.1 Å². The van der Waals surface area contributed by atoms with E-state index in [-0.39, 0.29) is 36.3 Å². The van der Waals surface area contributed by atoms with Gasteiger partial charge in [-0.25, -0.2) is 4.79 Å². The summed E-state index contributed by atoms with van der Waals surface area (Å²) in [7, 11) is 1.66. The van der Waals surface area contributed by atoms with E-state index in [9.17, 15) is 14.4 Å². The SMILES string of the molecule is CN1C(=O)N[C@@H](c2ccc(C(C)(C)C)cc2)C2=C1CN(CC(=O)NCCCc1ccccc1)C2=O. The van der Waals surface area contributed by atoms with Gasteiger partial charge in [-0.15, -0.1) is 0 Å². The molecule has 0 aromatic heterocycles. The Balaban J connectivity index is 1.40. The van der Waals surface area contributed by atoms with Crippen molar-refractivity contribution in [2.75, 3.05) is 26.7 Å². The van der Waals surface area contributed by atoms with Crippen LogP contribution in [0.5, 0.6) is 0 Å². The van der Waals surface area contributed by atoms with E-state index in [1.54, 1.807) is 7.05 Å². The smallest absolute Gasteiger partial charge is 0.322 e. The number of nitrogens with zero attached hydrogens (tertiary/aromatic N) is 2. The van der Waals surface area contributed by atoms with Gasteiger partial charge in [0, 0.05) is 13.6 Å². The lowest BCUT2D eigenvalue weighted by molar-refractivity contribution is -0.131. The van der Waals surface area contributed by atoms with Gasteiger partial charge in [-0.2, -0.15) is 0 Å². The molecule has 0 radical (unpaired) electrons. The highest BCUT2D eigenvalue weighted by atomic mass is 16.2. The molecule has 2 heterocycles. The van der Waals surface area contributed by atoms with Crippen LogP contribution in [-0.2, 0) is 21.4 Å². The second kappa shape index (κ2) is 9.94. The highest BCUT2D eigenvalue weighted by Gasteiger charge is 2.43. The predicted molar refractivity (Wildman–Crippen MR) is 136 cm³/mol. The third kappa shape index (κ3) is 5.39. The molecule has 2 aromatic rings. The minimum atomic E-state index is -0.533.